The van der Waals surface area contributed by atoms with E-state index in [-0.39, 0.29) is 24.1 Å². The molecule has 1 aliphatic carbocycles. The van der Waals surface area contributed by atoms with Gasteiger partial charge < -0.3 is 10.1 Å². The lowest BCUT2D eigenvalue weighted by Gasteiger charge is -2.15. The monoisotopic (exact) mass is 449 g/mol. The molecule has 1 aromatic carbocycles. The molecule has 4 atom stereocenters. The van der Waals surface area contributed by atoms with Gasteiger partial charge in [-0.3, -0.25) is 9.88 Å². The molecule has 1 amide bonds. The summed E-state index contributed by atoms with van der Waals surface area (Å²) < 4.78 is 34.7. The summed E-state index contributed by atoms with van der Waals surface area (Å²) >= 11 is 0. The number of fused-ring (bicyclic) bond motifs is 1. The van der Waals surface area contributed by atoms with Crippen LogP contribution in [0.1, 0.15) is 11.9 Å². The Morgan fingerprint density at radius 3 is 2.64 bits per heavy atom. The van der Waals surface area contributed by atoms with Gasteiger partial charge in [-0.05, 0) is 24.3 Å². The van der Waals surface area contributed by atoms with E-state index in [1.54, 1.807) is 30.5 Å². The number of benzene rings is 1. The molecule has 2 aromatic heterocycles. The molecule has 2 saturated heterocycles. The third-order valence-corrected chi connectivity index (χ3v) is 6.82. The molecule has 9 nitrogen and oxygen atoms in total. The van der Waals surface area contributed by atoms with Crippen LogP contribution in [0.3, 0.4) is 0 Å². The average Bonchev–Trinajstić information content (AvgIpc) is 3.29. The number of ether oxygens (including phenoxy) is 1. The van der Waals surface area contributed by atoms with Crippen LogP contribution < -0.4 is 10.2 Å². The number of nitriles is 1. The topological polar surface area (TPSA) is 109 Å². The number of cyclic esters (lactones) is 1. The van der Waals surface area contributed by atoms with Crippen molar-refractivity contribution < 1.29 is 18.3 Å². The van der Waals surface area contributed by atoms with Crippen molar-refractivity contribution in [3.05, 3.63) is 60.2 Å². The van der Waals surface area contributed by atoms with Gasteiger partial charge in [0.25, 0.3) is 0 Å². The minimum absolute atomic E-state index is 0.0401. The van der Waals surface area contributed by atoms with Crippen LogP contribution in [-0.2, 0) is 10.2 Å². The number of carbonyl (C=O) groups excluding carboxylic acids is 1. The number of aromatic nitrogens is 4. The van der Waals surface area contributed by atoms with Crippen LogP contribution >= 0.6 is 0 Å². The highest BCUT2D eigenvalue weighted by Gasteiger charge is 2.69. The third kappa shape index (κ3) is 2.84. The highest BCUT2D eigenvalue weighted by atomic mass is 19.1. The Bertz CT molecular complexity index is 1290. The largest absolute Gasteiger partial charge is 0.421 e. The van der Waals surface area contributed by atoms with Crippen LogP contribution in [-0.4, -0.2) is 45.7 Å². The Morgan fingerprint density at radius 1 is 1.18 bits per heavy atom. The van der Waals surface area contributed by atoms with Gasteiger partial charge in [-0.25, -0.2) is 9.18 Å². The Hall–Kier alpha value is -3.91. The fourth-order valence-electron chi connectivity index (χ4n) is 5.06. The summed E-state index contributed by atoms with van der Waals surface area (Å²) in [5, 5.41) is 20.0. The smallest absolute Gasteiger partial charge is 0.416 e. The van der Waals surface area contributed by atoms with Crippen LogP contribution in [0.2, 0.25) is 0 Å². The van der Waals surface area contributed by atoms with Crippen molar-refractivity contribution in [2.45, 2.75) is 11.6 Å². The zero-order chi connectivity index (χ0) is 22.7. The minimum atomic E-state index is -0.996. The van der Waals surface area contributed by atoms with Gasteiger partial charge in [0.2, 0.25) is 12.2 Å². The van der Waals surface area contributed by atoms with Crippen LogP contribution in [0.5, 0.6) is 0 Å². The van der Waals surface area contributed by atoms with Crippen LogP contribution in [0, 0.1) is 34.9 Å². The first-order valence-corrected chi connectivity index (χ1v) is 10.4. The first-order valence-electron chi connectivity index (χ1n) is 10.4. The fourth-order valence-corrected chi connectivity index (χ4v) is 5.06. The Morgan fingerprint density at radius 2 is 2.00 bits per heavy atom. The maximum absolute atomic E-state index is 15.0. The van der Waals surface area contributed by atoms with Crippen LogP contribution in [0.15, 0.2) is 42.7 Å². The highest BCUT2D eigenvalue weighted by Crippen LogP contribution is 2.60. The SMILES string of the molecule is N#C[C@]1(c2ccc(-c3ccc(N4CC(n5nncc5F)OC4=O)cc3F)cn2)[C@@H]2CNC[C@@H]21. The lowest BCUT2D eigenvalue weighted by Crippen LogP contribution is -2.25. The van der Waals surface area contributed by atoms with E-state index in [9.17, 15) is 18.8 Å². The van der Waals surface area contributed by atoms with Crippen LogP contribution in [0.4, 0.5) is 19.3 Å². The van der Waals surface area contributed by atoms with E-state index in [1.807, 2.05) is 0 Å². The lowest BCUT2D eigenvalue weighted by molar-refractivity contribution is 0.0830. The molecule has 0 radical (unpaired) electrons. The number of rotatable bonds is 4. The van der Waals surface area contributed by atoms with E-state index >= 15 is 0 Å². The summed E-state index contributed by atoms with van der Waals surface area (Å²) in [6.45, 7) is 1.57. The Balaban J connectivity index is 1.23. The predicted octanol–water partition coefficient (Wildman–Crippen LogP) is 2.38. The number of nitrogens with one attached hydrogen (secondary N) is 1. The summed E-state index contributed by atoms with van der Waals surface area (Å²) in [5.74, 6) is -0.747. The first-order chi connectivity index (χ1) is 16.0. The average molecular weight is 449 g/mol. The molecular formula is C22H17F2N7O2. The van der Waals surface area contributed by atoms with E-state index in [1.165, 1.54) is 11.0 Å². The van der Waals surface area contributed by atoms with Crippen molar-refractivity contribution in [1.82, 2.24) is 25.3 Å². The second kappa shape index (κ2) is 7.05. The van der Waals surface area contributed by atoms with E-state index in [2.05, 4.69) is 26.7 Å². The second-order valence-corrected chi connectivity index (χ2v) is 8.40. The van der Waals surface area contributed by atoms with Gasteiger partial charge in [-0.2, -0.15) is 14.3 Å². The summed E-state index contributed by atoms with van der Waals surface area (Å²) in [6, 6.07) is 10.3. The second-order valence-electron chi connectivity index (χ2n) is 8.40. The van der Waals surface area contributed by atoms with Gasteiger partial charge in [0.15, 0.2) is 0 Å². The summed E-state index contributed by atoms with van der Waals surface area (Å²) in [7, 11) is 0. The molecule has 33 heavy (non-hydrogen) atoms. The van der Waals surface area contributed by atoms with Crippen molar-refractivity contribution in [2.75, 3.05) is 24.5 Å². The standard InChI is InChI=1S/C22H17F2N7O2/c23-17-5-13(30-10-20(33-21(30)32)31-19(24)9-28-29-31)2-3-14(17)12-1-4-18(27-6-12)22(11-25)15-7-26-8-16(15)22/h1-6,9,15-16,20,26H,7-8,10H2/t15-,16+,20?,22+. The molecule has 1 unspecified atom stereocenters. The normalized spacial score (nSPS) is 27.8. The number of hydrogen-bond donors (Lipinski definition) is 1. The van der Waals surface area contributed by atoms with Gasteiger partial charge in [0.1, 0.15) is 17.4 Å². The zero-order valence-corrected chi connectivity index (χ0v) is 17.2. The first kappa shape index (κ1) is 19.8. The Labute approximate surface area is 186 Å². The summed E-state index contributed by atoms with van der Waals surface area (Å²) in [4.78, 5) is 18.0. The van der Waals surface area contributed by atoms with Crippen LogP contribution in [0.25, 0.3) is 11.1 Å². The number of pyridine rings is 1. The predicted molar refractivity (Wildman–Crippen MR) is 110 cm³/mol. The van der Waals surface area contributed by atoms with Gasteiger partial charge in [-0.1, -0.05) is 11.3 Å². The van der Waals surface area contributed by atoms with Crippen molar-refractivity contribution in [3.63, 3.8) is 0 Å². The number of piperidine rings is 1. The lowest BCUT2D eigenvalue weighted by atomic mass is 9.96. The number of anilines is 1. The number of carbonyl (C=O) groups is 1. The van der Waals surface area contributed by atoms with Crippen molar-refractivity contribution >= 4 is 11.8 Å². The number of halogens is 2. The summed E-state index contributed by atoms with van der Waals surface area (Å²) in [6.07, 6.45) is 0.750. The maximum atomic E-state index is 15.0. The molecule has 4 heterocycles. The molecule has 0 bridgehead atoms. The quantitative estimate of drug-likeness (QED) is 0.651. The third-order valence-electron chi connectivity index (χ3n) is 6.82. The fraction of sp³-hybridized carbons (Fsp3) is 0.318. The van der Waals surface area contributed by atoms with E-state index in [4.69, 9.17) is 4.74 Å². The summed E-state index contributed by atoms with van der Waals surface area (Å²) in [5.41, 5.74) is 1.31. The van der Waals surface area contributed by atoms with Crippen molar-refractivity contribution in [3.8, 4) is 17.2 Å². The van der Waals surface area contributed by atoms with E-state index in [0.29, 0.717) is 16.8 Å². The molecule has 6 rings (SSSR count). The van der Waals surface area contributed by atoms with Gasteiger partial charge in [0, 0.05) is 42.2 Å². The number of hydrogen-bond acceptors (Lipinski definition) is 7. The molecule has 0 spiro atoms. The van der Waals surface area contributed by atoms with E-state index < -0.39 is 29.5 Å². The van der Waals surface area contributed by atoms with Gasteiger partial charge in [-0.15, -0.1) is 5.10 Å². The zero-order valence-electron chi connectivity index (χ0n) is 17.2. The molecule has 11 heteroatoms. The minimum Gasteiger partial charge on any atom is -0.421 e. The molecule has 1 saturated carbocycles. The molecular weight excluding hydrogens is 432 g/mol. The van der Waals surface area contributed by atoms with Crippen molar-refractivity contribution in [2.24, 2.45) is 11.8 Å². The highest BCUT2D eigenvalue weighted by molar-refractivity contribution is 5.90. The number of nitrogens with zero attached hydrogens (tertiary/aromatic N) is 6. The molecule has 166 valence electrons. The Kier molecular flexibility index (Phi) is 4.22. The maximum Gasteiger partial charge on any atom is 0.416 e. The van der Waals surface area contributed by atoms with Gasteiger partial charge in [0.05, 0.1) is 24.0 Å². The number of amides is 1. The van der Waals surface area contributed by atoms with Gasteiger partial charge >= 0.3 is 6.09 Å². The molecule has 3 aliphatic rings. The molecule has 3 fully saturated rings. The van der Waals surface area contributed by atoms with E-state index in [0.717, 1.165) is 24.0 Å². The molecule has 3 aromatic rings. The molecule has 1 N–H and O–H groups in total. The molecule has 2 aliphatic heterocycles. The van der Waals surface area contributed by atoms with Crippen molar-refractivity contribution in [1.29, 1.82) is 5.26 Å².